The lowest BCUT2D eigenvalue weighted by atomic mass is 9.65. The van der Waals surface area contributed by atoms with Crippen molar-refractivity contribution in [1.82, 2.24) is 15.0 Å². The number of primary amides is 1. The highest BCUT2D eigenvalue weighted by atomic mass is 32.1. The number of nitrogens with one attached hydrogen (secondary N) is 1. The van der Waals surface area contributed by atoms with Crippen LogP contribution in [0.2, 0.25) is 0 Å². The number of nitrogens with two attached hydrogens (primary N) is 1. The molecule has 1 fully saturated rings. The van der Waals surface area contributed by atoms with E-state index >= 15 is 0 Å². The van der Waals surface area contributed by atoms with Crippen LogP contribution in [0.4, 0.5) is 11.6 Å². The zero-order chi connectivity index (χ0) is 22.2. The van der Waals surface area contributed by atoms with Gasteiger partial charge in [-0.25, -0.2) is 15.0 Å². The molecule has 1 amide bonds. The van der Waals surface area contributed by atoms with Crippen LogP contribution < -0.4 is 11.1 Å². The molecule has 3 N–H and O–H groups in total. The number of hydrogen-bond acceptors (Lipinski definition) is 6. The molecule has 1 saturated carbocycles. The maximum atomic E-state index is 12.0. The summed E-state index contributed by atoms with van der Waals surface area (Å²) >= 11 is 1.71. The van der Waals surface area contributed by atoms with E-state index in [1.165, 1.54) is 0 Å². The number of carbonyl (C=O) groups is 1. The van der Waals surface area contributed by atoms with E-state index in [-0.39, 0.29) is 23.2 Å². The Morgan fingerprint density at radius 1 is 1.23 bits per heavy atom. The molecule has 0 spiro atoms. The smallest absolute Gasteiger partial charge is 0.227 e. The SMILES string of the molecule is Cc1cc(Nc2nccc(C)n2)cc(-c2cnc(C3CCC(C)(C)C(C(N)=O)C3)s2)c1. The molecule has 2 aromatic heterocycles. The van der Waals surface area contributed by atoms with Crippen molar-refractivity contribution < 1.29 is 4.79 Å². The second-order valence-electron chi connectivity index (χ2n) is 9.21. The largest absolute Gasteiger partial charge is 0.369 e. The number of nitrogens with zero attached hydrogens (tertiary/aromatic N) is 3. The van der Waals surface area contributed by atoms with Gasteiger partial charge in [-0.3, -0.25) is 4.79 Å². The van der Waals surface area contributed by atoms with Crippen LogP contribution in [0, 0.1) is 25.2 Å². The van der Waals surface area contributed by atoms with E-state index < -0.39 is 0 Å². The second kappa shape index (κ2) is 8.38. The molecular formula is C24H29N5OS. The van der Waals surface area contributed by atoms with Gasteiger partial charge in [0.15, 0.2) is 0 Å². The Hall–Kier alpha value is -2.80. The first-order valence-corrected chi connectivity index (χ1v) is 11.5. The van der Waals surface area contributed by atoms with E-state index in [0.717, 1.165) is 51.7 Å². The average molecular weight is 436 g/mol. The molecule has 2 atom stereocenters. The molecule has 4 rings (SSSR count). The topological polar surface area (TPSA) is 93.8 Å². The van der Waals surface area contributed by atoms with E-state index in [2.05, 4.69) is 54.3 Å². The van der Waals surface area contributed by atoms with Gasteiger partial charge in [-0.15, -0.1) is 11.3 Å². The van der Waals surface area contributed by atoms with Crippen LogP contribution >= 0.6 is 11.3 Å². The maximum absolute atomic E-state index is 12.0. The van der Waals surface area contributed by atoms with Crippen LogP contribution in [0.3, 0.4) is 0 Å². The van der Waals surface area contributed by atoms with Gasteiger partial charge >= 0.3 is 0 Å². The molecule has 2 heterocycles. The fraction of sp³-hybridized carbons (Fsp3) is 0.417. The number of amides is 1. The number of hydrogen-bond donors (Lipinski definition) is 2. The fourth-order valence-corrected chi connectivity index (χ4v) is 5.47. The predicted octanol–water partition coefficient (Wildman–Crippen LogP) is 5.36. The average Bonchev–Trinajstić information content (AvgIpc) is 3.17. The molecule has 0 radical (unpaired) electrons. The summed E-state index contributed by atoms with van der Waals surface area (Å²) in [6, 6.07) is 8.22. The molecule has 0 aliphatic heterocycles. The van der Waals surface area contributed by atoms with Crippen molar-refractivity contribution in [2.24, 2.45) is 17.1 Å². The molecule has 162 valence electrons. The molecule has 1 aliphatic rings. The number of rotatable bonds is 5. The Morgan fingerprint density at radius 3 is 2.77 bits per heavy atom. The first kappa shape index (κ1) is 21.4. The van der Waals surface area contributed by atoms with Gasteiger partial charge in [0, 0.05) is 35.6 Å². The van der Waals surface area contributed by atoms with E-state index in [1.807, 2.05) is 19.2 Å². The van der Waals surface area contributed by atoms with Crippen LogP contribution in [0.5, 0.6) is 0 Å². The van der Waals surface area contributed by atoms with E-state index in [1.54, 1.807) is 17.5 Å². The number of thiazole rings is 1. The van der Waals surface area contributed by atoms with Crippen LogP contribution in [0.1, 0.15) is 55.3 Å². The van der Waals surface area contributed by atoms with Crippen molar-refractivity contribution >= 4 is 28.9 Å². The monoisotopic (exact) mass is 435 g/mol. The number of aromatic nitrogens is 3. The molecule has 2 unspecified atom stereocenters. The standard InChI is InChI=1S/C24H29N5OS/c1-14-9-17(11-18(10-14)29-23-26-8-6-15(2)28-23)20-13-27-22(31-20)16-5-7-24(3,4)19(12-16)21(25)30/h6,8-11,13,16,19H,5,7,12H2,1-4H3,(H2,25,30)(H,26,28,29). The number of benzene rings is 1. The van der Waals surface area contributed by atoms with Gasteiger partial charge in [-0.2, -0.15) is 0 Å². The summed E-state index contributed by atoms with van der Waals surface area (Å²) in [5.41, 5.74) is 9.80. The number of carbonyl (C=O) groups excluding carboxylic acids is 1. The molecule has 1 aromatic carbocycles. The lowest BCUT2D eigenvalue weighted by molar-refractivity contribution is -0.127. The lowest BCUT2D eigenvalue weighted by Gasteiger charge is -2.39. The minimum Gasteiger partial charge on any atom is -0.369 e. The summed E-state index contributed by atoms with van der Waals surface area (Å²) in [6.07, 6.45) is 6.49. The first-order valence-electron chi connectivity index (χ1n) is 10.6. The van der Waals surface area contributed by atoms with E-state index in [9.17, 15) is 4.79 Å². The molecule has 0 bridgehead atoms. The fourth-order valence-electron chi connectivity index (χ4n) is 4.41. The van der Waals surface area contributed by atoms with Gasteiger partial charge < -0.3 is 11.1 Å². The summed E-state index contributed by atoms with van der Waals surface area (Å²) < 4.78 is 0. The highest BCUT2D eigenvalue weighted by molar-refractivity contribution is 7.15. The van der Waals surface area contributed by atoms with Crippen LogP contribution in [0.15, 0.2) is 36.7 Å². The third-order valence-electron chi connectivity index (χ3n) is 6.23. The molecular weight excluding hydrogens is 406 g/mol. The van der Waals surface area contributed by atoms with Crippen LogP contribution in [-0.4, -0.2) is 20.9 Å². The Morgan fingerprint density at radius 2 is 2.03 bits per heavy atom. The van der Waals surface area contributed by atoms with Gasteiger partial charge in [-0.05, 0) is 67.9 Å². The normalized spacial score (nSPS) is 20.4. The van der Waals surface area contributed by atoms with Crippen molar-refractivity contribution in [3.63, 3.8) is 0 Å². The third-order valence-corrected chi connectivity index (χ3v) is 7.44. The molecule has 7 heteroatoms. The summed E-state index contributed by atoms with van der Waals surface area (Å²) in [7, 11) is 0. The Labute approximate surface area is 187 Å². The molecule has 1 aliphatic carbocycles. The van der Waals surface area contributed by atoms with Gasteiger partial charge in [-0.1, -0.05) is 19.9 Å². The Balaban J connectivity index is 1.56. The van der Waals surface area contributed by atoms with Gasteiger partial charge in [0.05, 0.1) is 9.88 Å². The highest BCUT2D eigenvalue weighted by Crippen LogP contribution is 2.47. The lowest BCUT2D eigenvalue weighted by Crippen LogP contribution is -2.40. The van der Waals surface area contributed by atoms with Crippen molar-refractivity contribution in [3.05, 3.63) is 52.9 Å². The van der Waals surface area contributed by atoms with Crippen molar-refractivity contribution in [1.29, 1.82) is 0 Å². The zero-order valence-corrected chi connectivity index (χ0v) is 19.3. The van der Waals surface area contributed by atoms with E-state index in [4.69, 9.17) is 10.7 Å². The van der Waals surface area contributed by atoms with Crippen molar-refractivity contribution in [2.45, 2.75) is 52.9 Å². The zero-order valence-electron chi connectivity index (χ0n) is 18.5. The summed E-state index contributed by atoms with van der Waals surface area (Å²) in [4.78, 5) is 26.6. The molecule has 6 nitrogen and oxygen atoms in total. The van der Waals surface area contributed by atoms with Gasteiger partial charge in [0.25, 0.3) is 0 Å². The van der Waals surface area contributed by atoms with Crippen molar-refractivity contribution in [2.75, 3.05) is 5.32 Å². The van der Waals surface area contributed by atoms with E-state index in [0.29, 0.717) is 5.95 Å². The Bertz CT molecular complexity index is 1110. The molecule has 31 heavy (non-hydrogen) atoms. The quantitative estimate of drug-likeness (QED) is 0.563. The maximum Gasteiger partial charge on any atom is 0.227 e. The molecule has 0 saturated heterocycles. The first-order chi connectivity index (χ1) is 14.7. The van der Waals surface area contributed by atoms with Crippen molar-refractivity contribution in [3.8, 4) is 10.4 Å². The third kappa shape index (κ3) is 4.77. The van der Waals surface area contributed by atoms with Gasteiger partial charge in [0.1, 0.15) is 0 Å². The summed E-state index contributed by atoms with van der Waals surface area (Å²) in [6.45, 7) is 8.31. The summed E-state index contributed by atoms with van der Waals surface area (Å²) in [5, 5.41) is 4.40. The number of anilines is 2. The van der Waals surface area contributed by atoms with Gasteiger partial charge in [0.2, 0.25) is 11.9 Å². The van der Waals surface area contributed by atoms with Crippen LogP contribution in [0.25, 0.3) is 10.4 Å². The van der Waals surface area contributed by atoms with Crippen LogP contribution in [-0.2, 0) is 4.79 Å². The summed E-state index contributed by atoms with van der Waals surface area (Å²) in [5.74, 6) is 0.568. The minimum absolute atomic E-state index is 0.0442. The predicted molar refractivity (Wildman–Crippen MR) is 125 cm³/mol. The second-order valence-corrected chi connectivity index (χ2v) is 10.3. The molecule has 3 aromatic rings. The highest BCUT2D eigenvalue weighted by Gasteiger charge is 2.40. The Kier molecular flexibility index (Phi) is 5.79. The minimum atomic E-state index is -0.195. The number of aryl methyl sites for hydroxylation is 2.